The summed E-state index contributed by atoms with van der Waals surface area (Å²) >= 11 is 5.85. The molecule has 0 N–H and O–H groups in total. The molecule has 1 fully saturated rings. The van der Waals surface area contributed by atoms with Gasteiger partial charge in [0.1, 0.15) is 11.3 Å². The van der Waals surface area contributed by atoms with Crippen LogP contribution in [0.4, 0.5) is 8.78 Å². The second-order valence-corrected chi connectivity index (χ2v) is 7.29. The first kappa shape index (κ1) is 14.8. The van der Waals surface area contributed by atoms with Gasteiger partial charge in [0.25, 0.3) is 0 Å². The molecule has 0 spiro atoms. The van der Waals surface area contributed by atoms with Gasteiger partial charge >= 0.3 is 0 Å². The number of imidazole rings is 1. The Morgan fingerprint density at radius 2 is 1.81 bits per heavy atom. The van der Waals surface area contributed by atoms with Crippen molar-refractivity contribution in [2.75, 3.05) is 5.88 Å². The molecule has 0 atom stereocenters. The molecule has 1 saturated carbocycles. The van der Waals surface area contributed by atoms with Gasteiger partial charge in [-0.25, -0.2) is 13.8 Å². The molecule has 0 saturated heterocycles. The van der Waals surface area contributed by atoms with Crippen LogP contribution >= 0.6 is 11.6 Å². The number of hydrogen-bond donors (Lipinski definition) is 0. The zero-order valence-electron chi connectivity index (χ0n) is 12.7. The third-order valence-electron chi connectivity index (χ3n) is 5.34. The highest BCUT2D eigenvalue weighted by atomic mass is 35.5. The van der Waals surface area contributed by atoms with Gasteiger partial charge < -0.3 is 4.57 Å². The van der Waals surface area contributed by atoms with Crippen molar-refractivity contribution in [3.63, 3.8) is 0 Å². The van der Waals surface area contributed by atoms with E-state index in [0.29, 0.717) is 17.8 Å². The van der Waals surface area contributed by atoms with Gasteiger partial charge in [0, 0.05) is 18.3 Å². The largest absolute Gasteiger partial charge is 0.321 e. The Kier molecular flexibility index (Phi) is 3.11. The summed E-state index contributed by atoms with van der Waals surface area (Å²) in [5, 5.41) is 0. The second kappa shape index (κ2) is 4.42. The minimum atomic E-state index is -0.836. The average molecular weight is 313 g/mol. The lowest BCUT2D eigenvalue weighted by Gasteiger charge is -2.11. The van der Waals surface area contributed by atoms with Crippen LogP contribution in [0.1, 0.15) is 39.6 Å². The fourth-order valence-electron chi connectivity index (χ4n) is 3.52. The van der Waals surface area contributed by atoms with Gasteiger partial charge in [-0.3, -0.25) is 0 Å². The van der Waals surface area contributed by atoms with Crippen LogP contribution in [0.15, 0.2) is 12.1 Å². The lowest BCUT2D eigenvalue weighted by Crippen LogP contribution is -2.08. The van der Waals surface area contributed by atoms with Crippen molar-refractivity contribution in [2.45, 2.75) is 40.2 Å². The summed E-state index contributed by atoms with van der Waals surface area (Å²) in [7, 11) is 0. The maximum absolute atomic E-state index is 14.3. The van der Waals surface area contributed by atoms with Crippen molar-refractivity contribution in [3.05, 3.63) is 29.6 Å². The van der Waals surface area contributed by atoms with E-state index in [9.17, 15) is 8.78 Å². The maximum atomic E-state index is 14.3. The van der Waals surface area contributed by atoms with Crippen molar-refractivity contribution in [1.82, 2.24) is 9.55 Å². The Hall–Kier alpha value is -1.16. The van der Waals surface area contributed by atoms with E-state index in [0.717, 1.165) is 11.9 Å². The smallest absolute Gasteiger partial charge is 0.184 e. The molecule has 21 heavy (non-hydrogen) atoms. The number of benzene rings is 1. The Morgan fingerprint density at radius 1 is 1.19 bits per heavy atom. The monoisotopic (exact) mass is 312 g/mol. The normalized spacial score (nSPS) is 20.1. The fourth-order valence-corrected chi connectivity index (χ4v) is 3.69. The van der Waals surface area contributed by atoms with E-state index in [2.05, 4.69) is 32.7 Å². The number of hydrogen-bond acceptors (Lipinski definition) is 1. The molecular formula is C16H19ClF2N2. The summed E-state index contributed by atoms with van der Waals surface area (Å²) in [5.74, 6) is -0.522. The van der Waals surface area contributed by atoms with Crippen LogP contribution in [0.25, 0.3) is 11.0 Å². The quantitative estimate of drug-likeness (QED) is 0.751. The number of halogens is 3. The lowest BCUT2D eigenvalue weighted by molar-refractivity contribution is 0.457. The number of aromatic nitrogens is 2. The molecule has 1 aliphatic rings. The van der Waals surface area contributed by atoms with Crippen LogP contribution in [0.3, 0.4) is 0 Å². The van der Waals surface area contributed by atoms with Crippen LogP contribution in [-0.2, 0) is 6.42 Å². The first-order valence-electron chi connectivity index (χ1n) is 7.14. The van der Waals surface area contributed by atoms with Gasteiger partial charge in [0.05, 0.1) is 5.52 Å². The predicted molar refractivity (Wildman–Crippen MR) is 80.7 cm³/mol. The standard InChI is InChI=1S/C16H19ClF2N2/c1-15(2)14(16(15,3)4)21-11(7-8-17)20-10-6-5-9(18)12(19)13(10)21/h5-6,14H,7-8H2,1-4H3. The number of nitrogens with zero attached hydrogens (tertiary/aromatic N) is 2. The molecule has 0 unspecified atom stereocenters. The second-order valence-electron chi connectivity index (χ2n) is 6.91. The van der Waals surface area contributed by atoms with Crippen molar-refractivity contribution in [2.24, 2.45) is 10.8 Å². The first-order valence-corrected chi connectivity index (χ1v) is 7.67. The minimum Gasteiger partial charge on any atom is -0.321 e. The number of alkyl halides is 1. The fraction of sp³-hybridized carbons (Fsp3) is 0.562. The minimum absolute atomic E-state index is 0.000447. The van der Waals surface area contributed by atoms with Crippen LogP contribution in [0, 0.1) is 22.5 Å². The van der Waals surface area contributed by atoms with Crippen molar-refractivity contribution < 1.29 is 8.78 Å². The average Bonchev–Trinajstić information content (AvgIpc) is 2.70. The van der Waals surface area contributed by atoms with E-state index in [-0.39, 0.29) is 22.4 Å². The summed E-state index contributed by atoms with van der Waals surface area (Å²) < 4.78 is 29.9. The first-order chi connectivity index (χ1) is 9.73. The molecule has 1 aromatic carbocycles. The highest BCUT2D eigenvalue weighted by Crippen LogP contribution is 2.72. The van der Waals surface area contributed by atoms with Gasteiger partial charge in [-0.1, -0.05) is 27.7 Å². The molecule has 1 heterocycles. The number of fused-ring (bicyclic) bond motifs is 1. The summed E-state index contributed by atoms with van der Waals surface area (Å²) in [5.41, 5.74) is 0.757. The third-order valence-corrected chi connectivity index (χ3v) is 5.53. The molecule has 0 aliphatic heterocycles. The number of aryl methyl sites for hydroxylation is 1. The SMILES string of the molecule is CC1(C)C(n2c(CCCl)nc3ccc(F)c(F)c32)C1(C)C. The topological polar surface area (TPSA) is 17.8 Å². The van der Waals surface area contributed by atoms with Gasteiger partial charge in [-0.05, 0) is 23.0 Å². The Bertz CT molecular complexity index is 705. The van der Waals surface area contributed by atoms with Crippen LogP contribution < -0.4 is 0 Å². The molecule has 0 radical (unpaired) electrons. The molecule has 1 aromatic heterocycles. The van der Waals surface area contributed by atoms with Crippen LogP contribution in [0.2, 0.25) is 0 Å². The number of rotatable bonds is 3. The van der Waals surface area contributed by atoms with E-state index < -0.39 is 11.6 Å². The molecule has 1 aliphatic carbocycles. The van der Waals surface area contributed by atoms with E-state index in [1.54, 1.807) is 0 Å². The molecule has 2 nitrogen and oxygen atoms in total. The summed E-state index contributed by atoms with van der Waals surface area (Å²) in [6.07, 6.45) is 0.542. The van der Waals surface area contributed by atoms with Crippen LogP contribution in [0.5, 0.6) is 0 Å². The molecule has 5 heteroatoms. The summed E-state index contributed by atoms with van der Waals surface area (Å²) in [4.78, 5) is 4.47. The lowest BCUT2D eigenvalue weighted by atomic mass is 10.0. The van der Waals surface area contributed by atoms with E-state index in [4.69, 9.17) is 11.6 Å². The Balaban J connectivity index is 2.29. The third kappa shape index (κ3) is 1.84. The maximum Gasteiger partial charge on any atom is 0.184 e. The molecule has 2 aromatic rings. The van der Waals surface area contributed by atoms with Crippen molar-refractivity contribution >= 4 is 22.6 Å². The Morgan fingerprint density at radius 3 is 2.33 bits per heavy atom. The Labute approximate surface area is 128 Å². The van der Waals surface area contributed by atoms with Gasteiger partial charge in [-0.15, -0.1) is 11.6 Å². The molecule has 114 valence electrons. The van der Waals surface area contributed by atoms with Crippen molar-refractivity contribution in [1.29, 1.82) is 0 Å². The van der Waals surface area contributed by atoms with Gasteiger partial charge in [0.15, 0.2) is 11.6 Å². The molecule has 0 amide bonds. The zero-order chi connectivity index (χ0) is 15.6. The van der Waals surface area contributed by atoms with Gasteiger partial charge in [-0.2, -0.15) is 0 Å². The van der Waals surface area contributed by atoms with E-state index in [1.165, 1.54) is 6.07 Å². The van der Waals surface area contributed by atoms with E-state index >= 15 is 0 Å². The molecule has 0 bridgehead atoms. The van der Waals surface area contributed by atoms with Crippen molar-refractivity contribution in [3.8, 4) is 0 Å². The van der Waals surface area contributed by atoms with E-state index in [1.807, 2.05) is 4.57 Å². The predicted octanol–water partition coefficient (Wildman–Crippen LogP) is 4.70. The zero-order valence-corrected chi connectivity index (χ0v) is 13.4. The molecule has 3 rings (SSSR count). The van der Waals surface area contributed by atoms with Gasteiger partial charge in [0.2, 0.25) is 0 Å². The summed E-state index contributed by atoms with van der Waals surface area (Å²) in [6.45, 7) is 8.58. The van der Waals surface area contributed by atoms with Crippen LogP contribution in [-0.4, -0.2) is 15.4 Å². The molecular weight excluding hydrogens is 294 g/mol. The highest BCUT2D eigenvalue weighted by Gasteiger charge is 2.66. The highest BCUT2D eigenvalue weighted by molar-refractivity contribution is 6.17. The summed E-state index contributed by atoms with van der Waals surface area (Å²) in [6, 6.07) is 2.75.